The largest absolute Gasteiger partial charge is 0.507 e. The molecule has 3 rings (SSSR count). The number of carbonyl (C=O) groups is 1. The van der Waals surface area contributed by atoms with Crippen molar-refractivity contribution in [3.63, 3.8) is 0 Å². The second kappa shape index (κ2) is 7.81. The zero-order valence-electron chi connectivity index (χ0n) is 13.4. The van der Waals surface area contributed by atoms with Crippen molar-refractivity contribution in [2.75, 3.05) is 6.54 Å². The van der Waals surface area contributed by atoms with Crippen molar-refractivity contribution in [2.24, 2.45) is 0 Å². The molecular formula is C20H17ClN2O2. The summed E-state index contributed by atoms with van der Waals surface area (Å²) >= 11 is 5.86. The minimum Gasteiger partial charge on any atom is -0.507 e. The van der Waals surface area contributed by atoms with Crippen LogP contribution in [0.2, 0.25) is 5.02 Å². The lowest BCUT2D eigenvalue weighted by atomic mass is 10.0. The monoisotopic (exact) mass is 352 g/mol. The molecule has 0 fully saturated rings. The summed E-state index contributed by atoms with van der Waals surface area (Å²) in [6, 6.07) is 16.5. The van der Waals surface area contributed by atoms with Gasteiger partial charge in [-0.25, -0.2) is 0 Å². The van der Waals surface area contributed by atoms with Crippen molar-refractivity contribution in [1.29, 1.82) is 0 Å². The van der Waals surface area contributed by atoms with Crippen molar-refractivity contribution in [3.05, 3.63) is 83.1 Å². The van der Waals surface area contributed by atoms with Crippen LogP contribution in [-0.4, -0.2) is 22.5 Å². The first-order chi connectivity index (χ1) is 12.1. The molecule has 2 aromatic carbocycles. The van der Waals surface area contributed by atoms with Crippen molar-refractivity contribution in [1.82, 2.24) is 10.3 Å². The van der Waals surface area contributed by atoms with Gasteiger partial charge in [0.2, 0.25) is 0 Å². The summed E-state index contributed by atoms with van der Waals surface area (Å²) in [6.07, 6.45) is 4.27. The minimum absolute atomic E-state index is 0.0808. The van der Waals surface area contributed by atoms with Gasteiger partial charge in [0.05, 0.1) is 5.56 Å². The fourth-order valence-electron chi connectivity index (χ4n) is 2.50. The van der Waals surface area contributed by atoms with Crippen LogP contribution in [0.15, 0.2) is 67.0 Å². The van der Waals surface area contributed by atoms with Crippen molar-refractivity contribution < 1.29 is 9.90 Å². The smallest absolute Gasteiger partial charge is 0.255 e. The maximum Gasteiger partial charge on any atom is 0.255 e. The van der Waals surface area contributed by atoms with Gasteiger partial charge in [-0.05, 0) is 47.4 Å². The molecule has 0 aliphatic carbocycles. The number of carbonyl (C=O) groups excluding carboxylic acids is 1. The van der Waals surface area contributed by atoms with Crippen LogP contribution in [-0.2, 0) is 6.42 Å². The number of amides is 1. The van der Waals surface area contributed by atoms with E-state index < -0.39 is 0 Å². The second-order valence-electron chi connectivity index (χ2n) is 5.61. The molecule has 0 atom stereocenters. The highest BCUT2D eigenvalue weighted by Crippen LogP contribution is 2.21. The summed E-state index contributed by atoms with van der Waals surface area (Å²) in [4.78, 5) is 16.2. The standard InChI is InChI=1S/C20H17ClN2O2/c21-17-7-8-19(24)18(12-17)20(25)23-11-9-14-3-5-15(6-4-14)16-2-1-10-22-13-16/h1-8,10,12-13,24H,9,11H2,(H,23,25). The highest BCUT2D eigenvalue weighted by atomic mass is 35.5. The normalized spacial score (nSPS) is 10.4. The number of aromatic nitrogens is 1. The number of nitrogens with one attached hydrogen (secondary N) is 1. The van der Waals surface area contributed by atoms with E-state index in [9.17, 15) is 9.90 Å². The maximum atomic E-state index is 12.1. The Morgan fingerprint density at radius 2 is 1.88 bits per heavy atom. The first-order valence-corrected chi connectivity index (χ1v) is 8.27. The van der Waals surface area contributed by atoms with E-state index in [4.69, 9.17) is 11.6 Å². The van der Waals surface area contributed by atoms with E-state index in [0.717, 1.165) is 16.7 Å². The first-order valence-electron chi connectivity index (χ1n) is 7.89. The van der Waals surface area contributed by atoms with Crippen LogP contribution in [0.1, 0.15) is 15.9 Å². The summed E-state index contributed by atoms with van der Waals surface area (Å²) in [6.45, 7) is 0.469. The highest BCUT2D eigenvalue weighted by molar-refractivity contribution is 6.31. The van der Waals surface area contributed by atoms with E-state index in [-0.39, 0.29) is 17.2 Å². The molecule has 4 nitrogen and oxygen atoms in total. The number of phenols is 1. The molecule has 1 heterocycles. The molecule has 0 radical (unpaired) electrons. The molecule has 3 aromatic rings. The average molecular weight is 353 g/mol. The third-order valence-corrected chi connectivity index (χ3v) is 4.09. The molecule has 25 heavy (non-hydrogen) atoms. The summed E-state index contributed by atoms with van der Waals surface area (Å²) < 4.78 is 0. The fourth-order valence-corrected chi connectivity index (χ4v) is 2.68. The van der Waals surface area contributed by atoms with Gasteiger partial charge in [0.1, 0.15) is 5.75 Å². The van der Waals surface area contributed by atoms with Crippen molar-refractivity contribution >= 4 is 17.5 Å². The molecule has 0 saturated carbocycles. The molecule has 5 heteroatoms. The van der Waals surface area contributed by atoms with Gasteiger partial charge in [0.15, 0.2) is 0 Å². The number of aromatic hydroxyl groups is 1. The second-order valence-corrected chi connectivity index (χ2v) is 6.04. The zero-order valence-corrected chi connectivity index (χ0v) is 14.2. The zero-order chi connectivity index (χ0) is 17.6. The predicted octanol–water partition coefficient (Wildman–Crippen LogP) is 4.08. The van der Waals surface area contributed by atoms with Crippen LogP contribution in [0, 0.1) is 0 Å². The van der Waals surface area contributed by atoms with Gasteiger partial charge in [-0.15, -0.1) is 0 Å². The minimum atomic E-state index is -0.341. The fraction of sp³-hybridized carbons (Fsp3) is 0.100. The van der Waals surface area contributed by atoms with Crippen LogP contribution in [0.25, 0.3) is 11.1 Å². The highest BCUT2D eigenvalue weighted by Gasteiger charge is 2.11. The van der Waals surface area contributed by atoms with E-state index in [1.165, 1.54) is 18.2 Å². The van der Waals surface area contributed by atoms with Crippen LogP contribution in [0.3, 0.4) is 0 Å². The van der Waals surface area contributed by atoms with E-state index in [2.05, 4.69) is 10.3 Å². The number of nitrogens with zero attached hydrogens (tertiary/aromatic N) is 1. The number of rotatable bonds is 5. The molecule has 0 aliphatic heterocycles. The molecule has 1 amide bonds. The number of halogens is 1. The van der Waals surface area contributed by atoms with Gasteiger partial charge in [0, 0.05) is 24.0 Å². The lowest BCUT2D eigenvalue weighted by Crippen LogP contribution is -2.25. The van der Waals surface area contributed by atoms with Gasteiger partial charge in [-0.3, -0.25) is 9.78 Å². The van der Waals surface area contributed by atoms with E-state index >= 15 is 0 Å². The summed E-state index contributed by atoms with van der Waals surface area (Å²) in [5.41, 5.74) is 3.46. The molecular weight excluding hydrogens is 336 g/mol. The average Bonchev–Trinajstić information content (AvgIpc) is 2.65. The van der Waals surface area contributed by atoms with E-state index in [0.29, 0.717) is 18.0 Å². The molecule has 0 aliphatic rings. The first kappa shape index (κ1) is 17.0. The molecule has 126 valence electrons. The Labute approximate surface area is 151 Å². The Hall–Kier alpha value is -2.85. The Balaban J connectivity index is 1.57. The number of hydrogen-bond acceptors (Lipinski definition) is 3. The Morgan fingerprint density at radius 3 is 2.60 bits per heavy atom. The maximum absolute atomic E-state index is 12.1. The SMILES string of the molecule is O=C(NCCc1ccc(-c2cccnc2)cc1)c1cc(Cl)ccc1O. The summed E-state index contributed by atoms with van der Waals surface area (Å²) in [7, 11) is 0. The number of phenolic OH excluding ortho intramolecular Hbond substituents is 1. The predicted molar refractivity (Wildman–Crippen MR) is 98.8 cm³/mol. The Kier molecular flexibility index (Phi) is 5.31. The van der Waals surface area contributed by atoms with Crippen LogP contribution >= 0.6 is 11.6 Å². The third-order valence-electron chi connectivity index (χ3n) is 3.85. The number of pyridine rings is 1. The van der Waals surface area contributed by atoms with Gasteiger partial charge in [-0.2, -0.15) is 0 Å². The van der Waals surface area contributed by atoms with E-state index in [1.807, 2.05) is 42.6 Å². The topological polar surface area (TPSA) is 62.2 Å². The quantitative estimate of drug-likeness (QED) is 0.727. The molecule has 0 unspecified atom stereocenters. The Morgan fingerprint density at radius 1 is 1.08 bits per heavy atom. The Bertz CT molecular complexity index is 865. The van der Waals surface area contributed by atoms with Crippen LogP contribution in [0.5, 0.6) is 5.75 Å². The van der Waals surface area contributed by atoms with Crippen LogP contribution in [0.4, 0.5) is 0 Å². The summed E-state index contributed by atoms with van der Waals surface area (Å²) in [5, 5.41) is 12.9. The number of hydrogen-bond donors (Lipinski definition) is 2. The molecule has 2 N–H and O–H groups in total. The number of benzene rings is 2. The molecule has 1 aromatic heterocycles. The van der Waals surface area contributed by atoms with Crippen molar-refractivity contribution in [3.8, 4) is 16.9 Å². The van der Waals surface area contributed by atoms with E-state index in [1.54, 1.807) is 6.20 Å². The molecule has 0 bridgehead atoms. The molecule has 0 spiro atoms. The lowest BCUT2D eigenvalue weighted by Gasteiger charge is -2.08. The van der Waals surface area contributed by atoms with Gasteiger partial charge in [-0.1, -0.05) is 41.9 Å². The van der Waals surface area contributed by atoms with Gasteiger partial charge in [0.25, 0.3) is 5.91 Å². The van der Waals surface area contributed by atoms with Crippen LogP contribution < -0.4 is 5.32 Å². The van der Waals surface area contributed by atoms with Gasteiger partial charge >= 0.3 is 0 Å². The van der Waals surface area contributed by atoms with Gasteiger partial charge < -0.3 is 10.4 Å². The molecule has 0 saturated heterocycles. The van der Waals surface area contributed by atoms with Crippen molar-refractivity contribution in [2.45, 2.75) is 6.42 Å². The lowest BCUT2D eigenvalue weighted by molar-refractivity contribution is 0.0951. The summed E-state index contributed by atoms with van der Waals surface area (Å²) in [5.74, 6) is -0.422. The third kappa shape index (κ3) is 4.37.